The summed E-state index contributed by atoms with van der Waals surface area (Å²) < 4.78 is 69.5. The molecule has 0 unspecified atom stereocenters. The molecule has 11 heteroatoms. The fourth-order valence-electron chi connectivity index (χ4n) is 6.60. The maximum atomic E-state index is 14.6. The van der Waals surface area contributed by atoms with Crippen LogP contribution in [0.3, 0.4) is 0 Å². The molecule has 0 spiro atoms. The van der Waals surface area contributed by atoms with Crippen molar-refractivity contribution in [3.05, 3.63) is 135 Å². The molecule has 0 atom stereocenters. The summed E-state index contributed by atoms with van der Waals surface area (Å²) in [7, 11) is 2.04. The molecule has 260 valence electrons. The predicted molar refractivity (Wildman–Crippen MR) is 182 cm³/mol. The molecule has 0 bridgehead atoms. The number of fused-ring (bicyclic) bond motifs is 1. The van der Waals surface area contributed by atoms with Crippen molar-refractivity contribution in [2.45, 2.75) is 57.9 Å². The normalized spacial score (nSPS) is 14.3. The van der Waals surface area contributed by atoms with Gasteiger partial charge in [-0.1, -0.05) is 48.5 Å². The lowest BCUT2D eigenvalue weighted by atomic mass is 10.00. The van der Waals surface area contributed by atoms with Gasteiger partial charge in [-0.15, -0.1) is 0 Å². The lowest BCUT2D eigenvalue weighted by Gasteiger charge is -2.38. The molecule has 3 heterocycles. The van der Waals surface area contributed by atoms with E-state index in [0.29, 0.717) is 23.3 Å². The molecule has 1 amide bonds. The van der Waals surface area contributed by atoms with Crippen molar-refractivity contribution >= 4 is 16.9 Å². The van der Waals surface area contributed by atoms with Crippen molar-refractivity contribution in [1.29, 1.82) is 0 Å². The molecule has 1 aliphatic heterocycles. The van der Waals surface area contributed by atoms with E-state index < -0.39 is 23.4 Å². The van der Waals surface area contributed by atoms with E-state index in [1.54, 1.807) is 10.8 Å². The second kappa shape index (κ2) is 14.5. The number of pyridine rings is 2. The summed E-state index contributed by atoms with van der Waals surface area (Å²) in [5, 5.41) is 0. The van der Waals surface area contributed by atoms with Crippen LogP contribution in [0, 0.1) is 18.6 Å². The molecule has 6 nitrogen and oxygen atoms in total. The maximum Gasteiger partial charge on any atom is 0.416 e. The van der Waals surface area contributed by atoms with Crippen LogP contribution in [-0.2, 0) is 36.9 Å². The third-order valence-electron chi connectivity index (χ3n) is 9.45. The van der Waals surface area contributed by atoms with Gasteiger partial charge in [-0.2, -0.15) is 13.2 Å². The number of alkyl halides is 3. The van der Waals surface area contributed by atoms with Crippen LogP contribution in [-0.4, -0.2) is 51.4 Å². The average Bonchev–Trinajstić information content (AvgIpc) is 3.09. The number of nitrogens with zero attached hydrogens (tertiary/aromatic N) is 4. The Kier molecular flexibility index (Phi) is 10.2. The van der Waals surface area contributed by atoms with Crippen LogP contribution in [0.1, 0.15) is 40.8 Å². The van der Waals surface area contributed by atoms with E-state index in [9.17, 15) is 31.5 Å². The van der Waals surface area contributed by atoms with Gasteiger partial charge in [-0.3, -0.25) is 14.6 Å². The van der Waals surface area contributed by atoms with Crippen molar-refractivity contribution in [1.82, 2.24) is 19.4 Å². The topological polar surface area (TPSA) is 58.4 Å². The molecular formula is C39H37F5N4O2. The SMILES string of the molecule is Cc1cnc2c(=O)cc(CCc3cccc(F)c3F)n(CC(=O)N(Cc3ccc(-c4ccc(C(F)(F)F)cc4)cc3)C3CCN(C)CC3)c2c1. The number of carbonyl (C=O) groups is 1. The Labute approximate surface area is 286 Å². The third kappa shape index (κ3) is 7.78. The lowest BCUT2D eigenvalue weighted by molar-refractivity contribution is -0.137. The fourth-order valence-corrected chi connectivity index (χ4v) is 6.60. The molecule has 6 rings (SSSR count). The first kappa shape index (κ1) is 34.9. The third-order valence-corrected chi connectivity index (χ3v) is 9.45. The summed E-state index contributed by atoms with van der Waals surface area (Å²) in [6, 6.07) is 19.6. The summed E-state index contributed by atoms with van der Waals surface area (Å²) in [6.07, 6.45) is -0.981. The quantitative estimate of drug-likeness (QED) is 0.150. The number of aryl methyl sites for hydroxylation is 3. The number of halogens is 5. The van der Waals surface area contributed by atoms with Crippen LogP contribution in [0.2, 0.25) is 0 Å². The van der Waals surface area contributed by atoms with Gasteiger partial charge in [0.2, 0.25) is 11.3 Å². The van der Waals surface area contributed by atoms with Crippen LogP contribution in [0.4, 0.5) is 22.0 Å². The number of amides is 1. The van der Waals surface area contributed by atoms with Gasteiger partial charge in [0.25, 0.3) is 0 Å². The number of rotatable bonds is 9. The van der Waals surface area contributed by atoms with Crippen LogP contribution in [0.15, 0.2) is 89.9 Å². The van der Waals surface area contributed by atoms with Gasteiger partial charge < -0.3 is 14.4 Å². The predicted octanol–water partition coefficient (Wildman–Crippen LogP) is 7.58. The van der Waals surface area contributed by atoms with Crippen LogP contribution in [0.25, 0.3) is 22.2 Å². The van der Waals surface area contributed by atoms with Crippen molar-refractivity contribution in [3.8, 4) is 11.1 Å². The molecule has 2 aromatic heterocycles. The summed E-state index contributed by atoms with van der Waals surface area (Å²) in [5.41, 5.74) is 3.41. The highest BCUT2D eigenvalue weighted by atomic mass is 19.4. The standard InChI is InChI=1S/C39H37F5N4O2/c1-25-20-34-38(45-22-25)35(49)21-32(15-12-29-4-3-5-33(40)37(29)41)47(34)24-36(50)48(31-16-18-46(2)19-17-31)23-26-6-8-27(9-7-26)28-10-13-30(14-11-28)39(42,43)44/h3-11,13-14,20-22,31H,12,15-19,23-24H2,1-2H3. The number of likely N-dealkylation sites (tertiary alicyclic amines) is 1. The molecule has 5 aromatic rings. The van der Waals surface area contributed by atoms with Gasteiger partial charge in [0.15, 0.2) is 11.6 Å². The van der Waals surface area contributed by atoms with Crippen LogP contribution < -0.4 is 5.43 Å². The first-order valence-electron chi connectivity index (χ1n) is 16.5. The number of piperidine rings is 1. The highest BCUT2D eigenvalue weighted by Gasteiger charge is 2.30. The van der Waals surface area contributed by atoms with Gasteiger partial charge >= 0.3 is 6.18 Å². The van der Waals surface area contributed by atoms with Crippen molar-refractivity contribution in [2.75, 3.05) is 20.1 Å². The van der Waals surface area contributed by atoms with Crippen LogP contribution >= 0.6 is 0 Å². The van der Waals surface area contributed by atoms with E-state index in [4.69, 9.17) is 0 Å². The highest BCUT2D eigenvalue weighted by Crippen LogP contribution is 2.31. The van der Waals surface area contributed by atoms with Crippen molar-refractivity contribution in [3.63, 3.8) is 0 Å². The second-order valence-electron chi connectivity index (χ2n) is 13.0. The molecular weight excluding hydrogens is 651 g/mol. The van der Waals surface area contributed by atoms with Gasteiger partial charge in [0, 0.05) is 30.5 Å². The van der Waals surface area contributed by atoms with E-state index in [0.717, 1.165) is 60.8 Å². The first-order chi connectivity index (χ1) is 23.9. The maximum absolute atomic E-state index is 14.6. The molecule has 3 aromatic carbocycles. The Morgan fingerprint density at radius 3 is 2.24 bits per heavy atom. The largest absolute Gasteiger partial charge is 0.416 e. The van der Waals surface area contributed by atoms with E-state index in [-0.39, 0.29) is 47.8 Å². The molecule has 1 fully saturated rings. The Morgan fingerprint density at radius 1 is 0.920 bits per heavy atom. The van der Waals surface area contributed by atoms with E-state index in [1.165, 1.54) is 30.3 Å². The molecule has 0 saturated carbocycles. The Bertz CT molecular complexity index is 2050. The zero-order chi connectivity index (χ0) is 35.6. The summed E-state index contributed by atoms with van der Waals surface area (Å²) >= 11 is 0. The summed E-state index contributed by atoms with van der Waals surface area (Å²) in [5.74, 6) is -2.06. The molecule has 1 aliphatic rings. The van der Waals surface area contributed by atoms with E-state index in [2.05, 4.69) is 9.88 Å². The summed E-state index contributed by atoms with van der Waals surface area (Å²) in [6.45, 7) is 3.68. The van der Waals surface area contributed by atoms with Gasteiger partial charge in [-0.25, -0.2) is 8.78 Å². The molecule has 0 radical (unpaired) electrons. The monoisotopic (exact) mass is 688 g/mol. The van der Waals surface area contributed by atoms with E-state index >= 15 is 0 Å². The number of benzene rings is 3. The number of carbonyl (C=O) groups excluding carboxylic acids is 1. The second-order valence-corrected chi connectivity index (χ2v) is 13.0. The lowest BCUT2D eigenvalue weighted by Crippen LogP contribution is -2.47. The highest BCUT2D eigenvalue weighted by molar-refractivity contribution is 5.81. The number of hydrogen-bond acceptors (Lipinski definition) is 4. The minimum absolute atomic E-state index is 0.0522. The van der Waals surface area contributed by atoms with Gasteiger partial charge in [-0.05, 0) is 105 Å². The minimum Gasteiger partial charge on any atom is -0.334 e. The molecule has 0 aliphatic carbocycles. The first-order valence-corrected chi connectivity index (χ1v) is 16.5. The average molecular weight is 689 g/mol. The van der Waals surface area contributed by atoms with Crippen molar-refractivity contribution < 1.29 is 26.7 Å². The van der Waals surface area contributed by atoms with Crippen LogP contribution in [0.5, 0.6) is 0 Å². The fraction of sp³-hybridized carbons (Fsp3) is 0.308. The molecule has 1 saturated heterocycles. The number of hydrogen-bond donors (Lipinski definition) is 0. The van der Waals surface area contributed by atoms with Crippen molar-refractivity contribution in [2.24, 2.45) is 0 Å². The minimum atomic E-state index is -4.41. The van der Waals surface area contributed by atoms with Gasteiger partial charge in [0.1, 0.15) is 12.1 Å². The molecule has 0 N–H and O–H groups in total. The Balaban J connectivity index is 1.30. The smallest absolute Gasteiger partial charge is 0.334 e. The zero-order valence-corrected chi connectivity index (χ0v) is 27.8. The van der Waals surface area contributed by atoms with Gasteiger partial charge in [0.05, 0.1) is 11.1 Å². The Hall–Kier alpha value is -4.90. The number of aromatic nitrogens is 2. The van der Waals surface area contributed by atoms with E-state index in [1.807, 2.05) is 49.2 Å². The molecule has 50 heavy (non-hydrogen) atoms. The Morgan fingerprint density at radius 2 is 1.58 bits per heavy atom. The summed E-state index contributed by atoms with van der Waals surface area (Å²) in [4.78, 5) is 36.0. The zero-order valence-electron chi connectivity index (χ0n) is 27.8.